The van der Waals surface area contributed by atoms with Gasteiger partial charge in [0.2, 0.25) is 0 Å². The third kappa shape index (κ3) is 5.69. The lowest BCUT2D eigenvalue weighted by Gasteiger charge is -2.41. The maximum absolute atomic E-state index is 13.1. The van der Waals surface area contributed by atoms with Gasteiger partial charge in [0.15, 0.2) is 28.6 Å². The van der Waals surface area contributed by atoms with Crippen molar-refractivity contribution in [3.05, 3.63) is 82.0 Å². The van der Waals surface area contributed by atoms with Crippen molar-refractivity contribution < 1.29 is 59.5 Å². The van der Waals surface area contributed by atoms with E-state index in [4.69, 9.17) is 13.9 Å². The number of hydrogen-bond donors (Lipinski definition) is 8. The molecule has 0 saturated carbocycles. The Hall–Kier alpha value is -5.08. The van der Waals surface area contributed by atoms with Gasteiger partial charge in [0.05, 0.1) is 12.2 Å². The second-order valence-electron chi connectivity index (χ2n) is 9.80. The quantitative estimate of drug-likeness (QED) is 0.0905. The number of carbonyl (C=O) groups excluding carboxylic acids is 1. The fourth-order valence-electron chi connectivity index (χ4n) is 4.79. The predicted molar refractivity (Wildman–Crippen MR) is 148 cm³/mol. The van der Waals surface area contributed by atoms with E-state index < -0.39 is 82.5 Å². The van der Waals surface area contributed by atoms with Crippen molar-refractivity contribution in [1.82, 2.24) is 0 Å². The molecular weight excluding hydrogens is 568 g/mol. The standard InChI is InChI=1S/C30H26O13/c31-12-22-26(39)27(40)30(43-23(38)8-3-13-1-5-15(32)6-2-13)29(42-22)25-19(36)10-18(35)24-20(37)11-21(41-28(24)25)14-4-7-16(33)17(34)9-14/h1-11,22,26-27,29-36,39-40H,12H2/b8-3+/t22-,26+,27+,29+,30-/m1/s1. The SMILES string of the molecule is O=C(/C=C/c1ccc(O)cc1)O[C@@H]1[C@@H](O)[C@@H](O)[C@@H](CO)O[C@H]1c1c(O)cc(O)c2c(=O)cc(-c3ccc(O)c(O)c3)oc12. The Morgan fingerprint density at radius 2 is 1.58 bits per heavy atom. The highest BCUT2D eigenvalue weighted by Gasteiger charge is 2.49. The van der Waals surface area contributed by atoms with Gasteiger partial charge in [-0.15, -0.1) is 0 Å². The number of phenols is 5. The topological polar surface area (TPSA) is 228 Å². The summed E-state index contributed by atoms with van der Waals surface area (Å²) in [5.41, 5.74) is -0.955. The van der Waals surface area contributed by atoms with Crippen LogP contribution in [0.15, 0.2) is 69.9 Å². The van der Waals surface area contributed by atoms with Crippen LogP contribution in [0.1, 0.15) is 17.2 Å². The molecule has 0 aliphatic carbocycles. The molecule has 0 amide bonds. The Kier molecular flexibility index (Phi) is 7.98. The van der Waals surface area contributed by atoms with Crippen LogP contribution in [0.4, 0.5) is 0 Å². The first-order valence-electron chi connectivity index (χ1n) is 12.8. The first-order valence-corrected chi connectivity index (χ1v) is 12.8. The molecule has 0 bridgehead atoms. The zero-order valence-electron chi connectivity index (χ0n) is 22.1. The highest BCUT2D eigenvalue weighted by atomic mass is 16.6. The van der Waals surface area contributed by atoms with Crippen LogP contribution in [0.3, 0.4) is 0 Å². The first-order chi connectivity index (χ1) is 20.5. The number of ether oxygens (including phenoxy) is 2. The van der Waals surface area contributed by atoms with E-state index in [-0.39, 0.29) is 22.6 Å². The van der Waals surface area contributed by atoms with E-state index in [0.717, 1.165) is 30.3 Å². The minimum absolute atomic E-state index is 0.00965. The van der Waals surface area contributed by atoms with Crippen LogP contribution in [0.5, 0.6) is 28.7 Å². The van der Waals surface area contributed by atoms with Crippen molar-refractivity contribution in [2.45, 2.75) is 30.5 Å². The molecule has 1 aromatic heterocycles. The normalized spacial score (nSPS) is 22.2. The van der Waals surface area contributed by atoms with Crippen molar-refractivity contribution in [1.29, 1.82) is 0 Å². The molecule has 8 N–H and O–H groups in total. The molecule has 13 heteroatoms. The summed E-state index contributed by atoms with van der Waals surface area (Å²) >= 11 is 0. The molecule has 3 aromatic carbocycles. The molecule has 4 aromatic rings. The van der Waals surface area contributed by atoms with Crippen molar-refractivity contribution in [3.63, 3.8) is 0 Å². The summed E-state index contributed by atoms with van der Waals surface area (Å²) in [6, 6.07) is 11.2. The Labute approximate surface area is 242 Å². The van der Waals surface area contributed by atoms with Crippen LogP contribution in [0.2, 0.25) is 0 Å². The Morgan fingerprint density at radius 1 is 0.860 bits per heavy atom. The van der Waals surface area contributed by atoms with E-state index in [1.54, 1.807) is 0 Å². The fourth-order valence-corrected chi connectivity index (χ4v) is 4.79. The zero-order chi connectivity index (χ0) is 31.0. The van der Waals surface area contributed by atoms with E-state index in [0.29, 0.717) is 5.56 Å². The van der Waals surface area contributed by atoms with Crippen molar-refractivity contribution in [2.75, 3.05) is 6.61 Å². The molecule has 1 aliphatic rings. The second-order valence-corrected chi connectivity index (χ2v) is 9.80. The highest BCUT2D eigenvalue weighted by molar-refractivity contribution is 5.90. The Balaban J connectivity index is 1.62. The third-order valence-electron chi connectivity index (χ3n) is 6.97. The van der Waals surface area contributed by atoms with Crippen LogP contribution in [0, 0.1) is 0 Å². The van der Waals surface area contributed by atoms with E-state index in [1.165, 1.54) is 36.4 Å². The molecule has 0 spiro atoms. The zero-order valence-corrected chi connectivity index (χ0v) is 22.1. The average Bonchev–Trinajstić information content (AvgIpc) is 2.97. The molecule has 0 unspecified atom stereocenters. The maximum Gasteiger partial charge on any atom is 0.331 e. The number of hydrogen-bond acceptors (Lipinski definition) is 13. The molecule has 1 saturated heterocycles. The van der Waals surface area contributed by atoms with Gasteiger partial charge >= 0.3 is 5.97 Å². The van der Waals surface area contributed by atoms with Crippen molar-refractivity contribution in [2.24, 2.45) is 0 Å². The van der Waals surface area contributed by atoms with Gasteiger partial charge in [0.25, 0.3) is 0 Å². The fraction of sp³-hybridized carbons (Fsp3) is 0.200. The van der Waals surface area contributed by atoms with Crippen molar-refractivity contribution in [3.8, 4) is 40.1 Å². The maximum atomic E-state index is 13.1. The number of phenolic OH excluding ortho intramolecular Hbond substituents is 5. The smallest absolute Gasteiger partial charge is 0.331 e. The van der Waals surface area contributed by atoms with E-state index >= 15 is 0 Å². The molecule has 1 aliphatic heterocycles. The van der Waals surface area contributed by atoms with Crippen LogP contribution >= 0.6 is 0 Å². The van der Waals surface area contributed by atoms with Crippen LogP contribution in [0.25, 0.3) is 28.4 Å². The van der Waals surface area contributed by atoms with Gasteiger partial charge in [-0.1, -0.05) is 12.1 Å². The summed E-state index contributed by atoms with van der Waals surface area (Å²) in [6.45, 7) is -0.797. The molecular formula is C30H26O13. The molecule has 224 valence electrons. The molecule has 13 nitrogen and oxygen atoms in total. The van der Waals surface area contributed by atoms with Gasteiger partial charge in [-0.3, -0.25) is 4.79 Å². The molecule has 0 radical (unpaired) electrons. The van der Waals surface area contributed by atoms with Crippen molar-refractivity contribution >= 4 is 23.0 Å². The summed E-state index contributed by atoms with van der Waals surface area (Å²) in [7, 11) is 0. The molecule has 43 heavy (non-hydrogen) atoms. The van der Waals surface area contributed by atoms with Gasteiger partial charge in [0, 0.05) is 23.8 Å². The lowest BCUT2D eigenvalue weighted by atomic mass is 9.89. The monoisotopic (exact) mass is 594 g/mol. The number of aliphatic hydroxyl groups is 3. The van der Waals surface area contributed by atoms with Crippen LogP contribution < -0.4 is 5.43 Å². The molecule has 1 fully saturated rings. The number of carbonyl (C=O) groups is 1. The van der Waals surface area contributed by atoms with Crippen LogP contribution in [-0.2, 0) is 14.3 Å². The lowest BCUT2D eigenvalue weighted by Crippen LogP contribution is -2.56. The number of fused-ring (bicyclic) bond motifs is 1. The predicted octanol–water partition coefficient (Wildman–Crippen LogP) is 1.77. The van der Waals surface area contributed by atoms with Gasteiger partial charge in [-0.05, 0) is 42.0 Å². The molecule has 5 rings (SSSR count). The number of aliphatic hydroxyl groups excluding tert-OH is 3. The third-order valence-corrected chi connectivity index (χ3v) is 6.97. The lowest BCUT2D eigenvalue weighted by molar-refractivity contribution is -0.239. The number of benzene rings is 3. The van der Waals surface area contributed by atoms with E-state index in [2.05, 4.69) is 0 Å². The van der Waals surface area contributed by atoms with E-state index in [9.17, 15) is 50.4 Å². The average molecular weight is 595 g/mol. The number of aromatic hydroxyl groups is 5. The largest absolute Gasteiger partial charge is 0.508 e. The summed E-state index contributed by atoms with van der Waals surface area (Å²) in [6.07, 6.45) is -6.08. The van der Waals surface area contributed by atoms with E-state index in [1.807, 2.05) is 0 Å². The summed E-state index contributed by atoms with van der Waals surface area (Å²) in [4.78, 5) is 25.9. The Morgan fingerprint density at radius 3 is 2.26 bits per heavy atom. The number of esters is 1. The molecule has 2 heterocycles. The van der Waals surface area contributed by atoms with Gasteiger partial charge in [-0.2, -0.15) is 0 Å². The summed E-state index contributed by atoms with van der Waals surface area (Å²) in [5.74, 6) is -3.51. The summed E-state index contributed by atoms with van der Waals surface area (Å²) < 4.78 is 17.1. The first kappa shape index (κ1) is 29.4. The molecule has 5 atom stereocenters. The second kappa shape index (κ2) is 11.7. The minimum atomic E-state index is -1.87. The summed E-state index contributed by atoms with van der Waals surface area (Å²) in [5, 5.41) is 81.4. The Bertz CT molecular complexity index is 1760. The number of rotatable bonds is 6. The van der Waals surface area contributed by atoms with Gasteiger partial charge < -0.3 is 54.7 Å². The minimum Gasteiger partial charge on any atom is -0.508 e. The van der Waals surface area contributed by atoms with Gasteiger partial charge in [0.1, 0.15) is 52.8 Å². The van der Waals surface area contributed by atoms with Crippen LogP contribution in [-0.4, -0.2) is 77.8 Å². The highest BCUT2D eigenvalue weighted by Crippen LogP contribution is 2.45. The van der Waals surface area contributed by atoms with Gasteiger partial charge in [-0.25, -0.2) is 4.79 Å².